The molecule has 3 heteroatoms. The number of phenolic OH excluding ortho intramolecular Hbond substituents is 1. The van der Waals surface area contributed by atoms with Crippen LogP contribution in [0.25, 0.3) is 0 Å². The fraction of sp³-hybridized carbons (Fsp3) is 0.600. The van der Waals surface area contributed by atoms with Crippen molar-refractivity contribution in [1.82, 2.24) is 5.32 Å². The van der Waals surface area contributed by atoms with E-state index in [4.69, 9.17) is 0 Å². The second kappa shape index (κ2) is 5.19. The standard InChI is InChI=1S/C15H24N2O/c1-10(2)17-12(8-11(3)16-4)9-13-14(17)6-5-7-15(13)18/h5-7,10-12,16,18H,8-9H2,1-4H3. The van der Waals surface area contributed by atoms with Crippen molar-refractivity contribution in [2.24, 2.45) is 0 Å². The lowest BCUT2D eigenvalue weighted by atomic mass is 10.0. The number of rotatable bonds is 4. The minimum atomic E-state index is 0.442. The van der Waals surface area contributed by atoms with Crippen LogP contribution in [0.1, 0.15) is 32.8 Å². The summed E-state index contributed by atoms with van der Waals surface area (Å²) in [6, 6.07) is 7.29. The number of fused-ring (bicyclic) bond motifs is 1. The highest BCUT2D eigenvalue weighted by Gasteiger charge is 2.33. The Morgan fingerprint density at radius 3 is 2.72 bits per heavy atom. The third-order valence-corrected chi connectivity index (χ3v) is 3.91. The molecule has 2 unspecified atom stereocenters. The van der Waals surface area contributed by atoms with Gasteiger partial charge in [-0.3, -0.25) is 0 Å². The largest absolute Gasteiger partial charge is 0.508 e. The highest BCUT2D eigenvalue weighted by atomic mass is 16.3. The maximum Gasteiger partial charge on any atom is 0.120 e. The molecule has 1 aliphatic heterocycles. The van der Waals surface area contributed by atoms with Crippen molar-refractivity contribution in [3.63, 3.8) is 0 Å². The van der Waals surface area contributed by atoms with E-state index >= 15 is 0 Å². The van der Waals surface area contributed by atoms with E-state index in [-0.39, 0.29) is 0 Å². The molecule has 3 nitrogen and oxygen atoms in total. The SMILES string of the molecule is CNC(C)CC1Cc2c(O)cccc2N1C(C)C. The van der Waals surface area contributed by atoms with Crippen LogP contribution in [0.3, 0.4) is 0 Å². The van der Waals surface area contributed by atoms with Crippen LogP contribution in [0, 0.1) is 0 Å². The maximum atomic E-state index is 10.00. The summed E-state index contributed by atoms with van der Waals surface area (Å²) in [7, 11) is 2.00. The van der Waals surface area contributed by atoms with E-state index in [1.807, 2.05) is 13.1 Å². The van der Waals surface area contributed by atoms with E-state index in [2.05, 4.69) is 37.1 Å². The van der Waals surface area contributed by atoms with E-state index in [1.165, 1.54) is 5.69 Å². The number of aromatic hydroxyl groups is 1. The molecule has 0 radical (unpaired) electrons. The lowest BCUT2D eigenvalue weighted by Gasteiger charge is -2.33. The van der Waals surface area contributed by atoms with Crippen LogP contribution in [0.4, 0.5) is 5.69 Å². The Bertz CT molecular complexity index is 417. The van der Waals surface area contributed by atoms with Gasteiger partial charge in [0.25, 0.3) is 0 Å². The molecule has 0 spiro atoms. The van der Waals surface area contributed by atoms with Crippen molar-refractivity contribution in [2.75, 3.05) is 11.9 Å². The molecule has 18 heavy (non-hydrogen) atoms. The number of nitrogens with zero attached hydrogens (tertiary/aromatic N) is 1. The third kappa shape index (κ3) is 2.32. The summed E-state index contributed by atoms with van der Waals surface area (Å²) in [4.78, 5) is 2.45. The van der Waals surface area contributed by atoms with Crippen LogP contribution < -0.4 is 10.2 Å². The van der Waals surface area contributed by atoms with Gasteiger partial charge in [-0.05, 0) is 52.8 Å². The maximum absolute atomic E-state index is 10.00. The van der Waals surface area contributed by atoms with Gasteiger partial charge in [-0.1, -0.05) is 6.07 Å². The highest BCUT2D eigenvalue weighted by molar-refractivity contribution is 5.64. The molecule has 0 saturated carbocycles. The molecule has 1 aromatic carbocycles. The molecule has 1 heterocycles. The highest BCUT2D eigenvalue weighted by Crippen LogP contribution is 2.40. The van der Waals surface area contributed by atoms with Gasteiger partial charge in [0, 0.05) is 29.4 Å². The van der Waals surface area contributed by atoms with E-state index in [0.717, 1.165) is 18.4 Å². The first kappa shape index (κ1) is 13.2. The normalized spacial score (nSPS) is 20.3. The molecule has 1 aromatic rings. The van der Waals surface area contributed by atoms with Crippen molar-refractivity contribution in [3.8, 4) is 5.75 Å². The average Bonchev–Trinajstić information content (AvgIpc) is 2.68. The van der Waals surface area contributed by atoms with Gasteiger partial charge in [-0.25, -0.2) is 0 Å². The molecule has 0 amide bonds. The summed E-state index contributed by atoms with van der Waals surface area (Å²) in [6.45, 7) is 6.65. The van der Waals surface area contributed by atoms with Crippen LogP contribution >= 0.6 is 0 Å². The van der Waals surface area contributed by atoms with Crippen LogP contribution in [0.5, 0.6) is 5.75 Å². The second-order valence-corrected chi connectivity index (χ2v) is 5.56. The predicted octanol–water partition coefficient (Wildman–Crippen LogP) is 2.53. The van der Waals surface area contributed by atoms with E-state index in [0.29, 0.717) is 23.9 Å². The number of hydrogen-bond acceptors (Lipinski definition) is 3. The van der Waals surface area contributed by atoms with Gasteiger partial charge in [0.05, 0.1) is 0 Å². The lowest BCUT2D eigenvalue weighted by Crippen LogP contribution is -2.41. The number of hydrogen-bond donors (Lipinski definition) is 2. The van der Waals surface area contributed by atoms with E-state index in [9.17, 15) is 5.11 Å². The minimum absolute atomic E-state index is 0.442. The molecule has 1 aliphatic rings. The summed E-state index contributed by atoms with van der Waals surface area (Å²) in [5.74, 6) is 0.442. The number of benzene rings is 1. The lowest BCUT2D eigenvalue weighted by molar-refractivity contribution is 0.450. The number of phenols is 1. The second-order valence-electron chi connectivity index (χ2n) is 5.56. The zero-order valence-corrected chi connectivity index (χ0v) is 11.8. The Hall–Kier alpha value is -1.22. The summed E-state index contributed by atoms with van der Waals surface area (Å²) in [6.07, 6.45) is 2.05. The van der Waals surface area contributed by atoms with Crippen molar-refractivity contribution in [2.45, 2.75) is 51.7 Å². The van der Waals surface area contributed by atoms with Crippen molar-refractivity contribution < 1.29 is 5.11 Å². The average molecular weight is 248 g/mol. The van der Waals surface area contributed by atoms with Gasteiger partial charge in [-0.2, -0.15) is 0 Å². The summed E-state index contributed by atoms with van der Waals surface area (Å²) in [5.41, 5.74) is 2.32. The molecule has 0 bridgehead atoms. The molecule has 2 rings (SSSR count). The molecule has 100 valence electrons. The first-order valence-electron chi connectivity index (χ1n) is 6.81. The molecule has 0 fully saturated rings. The number of anilines is 1. The Balaban J connectivity index is 2.28. The fourth-order valence-electron chi connectivity index (χ4n) is 2.97. The zero-order valence-electron chi connectivity index (χ0n) is 11.8. The van der Waals surface area contributed by atoms with Gasteiger partial charge in [0.15, 0.2) is 0 Å². The smallest absolute Gasteiger partial charge is 0.120 e. The molecule has 0 aliphatic carbocycles. The predicted molar refractivity (Wildman–Crippen MR) is 76.4 cm³/mol. The molecule has 2 N–H and O–H groups in total. The molecule has 2 atom stereocenters. The Labute approximate surface area is 110 Å². The molecule has 0 aromatic heterocycles. The number of nitrogens with one attached hydrogen (secondary N) is 1. The Morgan fingerprint density at radius 1 is 1.39 bits per heavy atom. The summed E-state index contributed by atoms with van der Waals surface area (Å²) < 4.78 is 0. The summed E-state index contributed by atoms with van der Waals surface area (Å²) >= 11 is 0. The van der Waals surface area contributed by atoms with Crippen molar-refractivity contribution >= 4 is 5.69 Å². The Morgan fingerprint density at radius 2 is 2.11 bits per heavy atom. The minimum Gasteiger partial charge on any atom is -0.508 e. The Kier molecular flexibility index (Phi) is 3.81. The van der Waals surface area contributed by atoms with Gasteiger partial charge in [-0.15, -0.1) is 0 Å². The van der Waals surface area contributed by atoms with Gasteiger partial charge >= 0.3 is 0 Å². The van der Waals surface area contributed by atoms with Gasteiger partial charge < -0.3 is 15.3 Å². The van der Waals surface area contributed by atoms with Crippen molar-refractivity contribution in [3.05, 3.63) is 23.8 Å². The van der Waals surface area contributed by atoms with Crippen LogP contribution in [0.2, 0.25) is 0 Å². The van der Waals surface area contributed by atoms with Crippen LogP contribution in [-0.4, -0.2) is 30.3 Å². The topological polar surface area (TPSA) is 35.5 Å². The molecule has 0 saturated heterocycles. The van der Waals surface area contributed by atoms with Crippen LogP contribution in [0.15, 0.2) is 18.2 Å². The van der Waals surface area contributed by atoms with Crippen LogP contribution in [-0.2, 0) is 6.42 Å². The monoisotopic (exact) mass is 248 g/mol. The quantitative estimate of drug-likeness (QED) is 0.859. The van der Waals surface area contributed by atoms with Crippen molar-refractivity contribution in [1.29, 1.82) is 0 Å². The molecular weight excluding hydrogens is 224 g/mol. The van der Waals surface area contributed by atoms with Gasteiger partial charge in [0.1, 0.15) is 5.75 Å². The van der Waals surface area contributed by atoms with E-state index < -0.39 is 0 Å². The fourth-order valence-corrected chi connectivity index (χ4v) is 2.97. The third-order valence-electron chi connectivity index (χ3n) is 3.91. The van der Waals surface area contributed by atoms with E-state index in [1.54, 1.807) is 6.07 Å². The first-order valence-corrected chi connectivity index (χ1v) is 6.81. The first-order chi connectivity index (χ1) is 8.54. The zero-order chi connectivity index (χ0) is 13.3. The van der Waals surface area contributed by atoms with Gasteiger partial charge in [0.2, 0.25) is 0 Å². The molecular formula is C15H24N2O. The summed E-state index contributed by atoms with van der Waals surface area (Å²) in [5, 5.41) is 13.3.